The van der Waals surface area contributed by atoms with Gasteiger partial charge in [0.05, 0.1) is 0 Å². The van der Waals surface area contributed by atoms with Gasteiger partial charge in [-0.15, -0.1) is 0 Å². The average Bonchev–Trinajstić information content (AvgIpc) is 1.88. The molecule has 10 heavy (non-hydrogen) atoms. The molecule has 1 heterocycles. The summed E-state index contributed by atoms with van der Waals surface area (Å²) in [7, 11) is 0. The van der Waals surface area contributed by atoms with Crippen LogP contribution in [0.4, 0.5) is 0 Å². The van der Waals surface area contributed by atoms with Crippen LogP contribution < -0.4 is 0 Å². The van der Waals surface area contributed by atoms with Gasteiger partial charge in [0.25, 0.3) is 0 Å². The van der Waals surface area contributed by atoms with Crippen LogP contribution >= 0.6 is 0 Å². The highest BCUT2D eigenvalue weighted by Crippen LogP contribution is 2.19. The van der Waals surface area contributed by atoms with Crippen LogP contribution in [-0.2, 0) is 0 Å². The summed E-state index contributed by atoms with van der Waals surface area (Å²) >= 11 is 0. The van der Waals surface area contributed by atoms with E-state index in [-0.39, 0.29) is 0 Å². The van der Waals surface area contributed by atoms with E-state index >= 15 is 0 Å². The van der Waals surface area contributed by atoms with Crippen LogP contribution in [0.2, 0.25) is 0 Å². The molecule has 1 aliphatic heterocycles. The van der Waals surface area contributed by atoms with Gasteiger partial charge in [0, 0.05) is 19.1 Å². The predicted molar refractivity (Wildman–Crippen MR) is 45.1 cm³/mol. The van der Waals surface area contributed by atoms with Gasteiger partial charge in [-0.3, -0.25) is 4.90 Å². The van der Waals surface area contributed by atoms with Gasteiger partial charge < -0.3 is 0 Å². The summed E-state index contributed by atoms with van der Waals surface area (Å²) < 4.78 is 0. The van der Waals surface area contributed by atoms with Crippen LogP contribution in [0.25, 0.3) is 0 Å². The van der Waals surface area contributed by atoms with Crippen molar-refractivity contribution in [2.24, 2.45) is 0 Å². The number of likely N-dealkylation sites (tertiary alicyclic amines) is 1. The maximum absolute atomic E-state index is 2.53. The lowest BCUT2D eigenvalue weighted by Gasteiger charge is -2.39. The van der Waals surface area contributed by atoms with Gasteiger partial charge in [0.1, 0.15) is 0 Å². The Morgan fingerprint density at radius 2 is 2.40 bits per heavy atom. The number of nitrogens with zero attached hydrogens (tertiary/aromatic N) is 1. The summed E-state index contributed by atoms with van der Waals surface area (Å²) in [4.78, 5) is 2.53. The summed E-state index contributed by atoms with van der Waals surface area (Å²) in [5.41, 5.74) is 0. The Balaban J connectivity index is 2.16. The van der Waals surface area contributed by atoms with E-state index in [1.54, 1.807) is 0 Å². The van der Waals surface area contributed by atoms with Crippen LogP contribution in [-0.4, -0.2) is 24.0 Å². The molecule has 58 valence electrons. The average molecular weight is 139 g/mol. The molecule has 0 aliphatic carbocycles. The minimum Gasteiger partial charge on any atom is -0.297 e. The predicted octanol–water partition coefficient (Wildman–Crippen LogP) is 2.05. The molecule has 1 fully saturated rings. The molecule has 0 bridgehead atoms. The molecular formula is C9H17N. The van der Waals surface area contributed by atoms with Gasteiger partial charge in [-0.1, -0.05) is 19.1 Å². The standard InChI is InChI=1S/C9H17N/c1-3-5-7-10-8-6-9(10)4-2/h3,5,9H,4,6-8H2,1-2H3/b5-3+. The Morgan fingerprint density at radius 1 is 1.60 bits per heavy atom. The highest BCUT2D eigenvalue weighted by Gasteiger charge is 2.23. The van der Waals surface area contributed by atoms with Crippen molar-refractivity contribution in [3.8, 4) is 0 Å². The molecule has 0 aromatic rings. The van der Waals surface area contributed by atoms with E-state index in [9.17, 15) is 0 Å². The molecule has 1 nitrogen and oxygen atoms in total. The number of rotatable bonds is 3. The Kier molecular flexibility index (Phi) is 2.94. The Bertz CT molecular complexity index is 116. The quantitative estimate of drug-likeness (QED) is 0.541. The summed E-state index contributed by atoms with van der Waals surface area (Å²) in [5, 5.41) is 0. The van der Waals surface area contributed by atoms with Crippen molar-refractivity contribution in [3.63, 3.8) is 0 Å². The summed E-state index contributed by atoms with van der Waals surface area (Å²) in [6.07, 6.45) is 7.10. The van der Waals surface area contributed by atoms with Crippen LogP contribution in [0, 0.1) is 0 Å². The monoisotopic (exact) mass is 139 g/mol. The van der Waals surface area contributed by atoms with Crippen LogP contribution in [0.15, 0.2) is 12.2 Å². The third-order valence-corrected chi connectivity index (χ3v) is 2.31. The largest absolute Gasteiger partial charge is 0.297 e. The molecule has 0 N–H and O–H groups in total. The Morgan fingerprint density at radius 3 is 2.80 bits per heavy atom. The van der Waals surface area contributed by atoms with Crippen molar-refractivity contribution >= 4 is 0 Å². The maximum Gasteiger partial charge on any atom is 0.0166 e. The van der Waals surface area contributed by atoms with Gasteiger partial charge in [-0.25, -0.2) is 0 Å². The first kappa shape index (κ1) is 7.80. The van der Waals surface area contributed by atoms with Crippen molar-refractivity contribution in [2.45, 2.75) is 32.7 Å². The third kappa shape index (κ3) is 1.60. The molecule has 1 unspecified atom stereocenters. The zero-order chi connectivity index (χ0) is 7.40. The molecule has 1 heteroatoms. The van der Waals surface area contributed by atoms with Gasteiger partial charge in [0.2, 0.25) is 0 Å². The summed E-state index contributed by atoms with van der Waals surface area (Å²) in [6.45, 7) is 6.82. The van der Waals surface area contributed by atoms with E-state index in [2.05, 4.69) is 30.9 Å². The minimum atomic E-state index is 0.885. The molecule has 1 atom stereocenters. The van der Waals surface area contributed by atoms with Crippen molar-refractivity contribution in [2.75, 3.05) is 13.1 Å². The molecule has 0 amide bonds. The summed E-state index contributed by atoms with van der Waals surface area (Å²) in [5.74, 6) is 0. The summed E-state index contributed by atoms with van der Waals surface area (Å²) in [6, 6.07) is 0.885. The minimum absolute atomic E-state index is 0.885. The zero-order valence-electron chi connectivity index (χ0n) is 7.01. The first-order valence-corrected chi connectivity index (χ1v) is 4.23. The van der Waals surface area contributed by atoms with E-state index in [4.69, 9.17) is 0 Å². The van der Waals surface area contributed by atoms with E-state index in [1.807, 2.05) is 0 Å². The van der Waals surface area contributed by atoms with Crippen LogP contribution in [0.5, 0.6) is 0 Å². The first-order chi connectivity index (χ1) is 4.88. The fourth-order valence-electron chi connectivity index (χ4n) is 1.44. The van der Waals surface area contributed by atoms with Crippen LogP contribution in [0.3, 0.4) is 0 Å². The van der Waals surface area contributed by atoms with E-state index in [1.165, 1.54) is 19.4 Å². The smallest absolute Gasteiger partial charge is 0.0166 e. The fourth-order valence-corrected chi connectivity index (χ4v) is 1.44. The van der Waals surface area contributed by atoms with Crippen molar-refractivity contribution in [1.82, 2.24) is 4.90 Å². The Hall–Kier alpha value is -0.300. The molecule has 0 aromatic carbocycles. The highest BCUT2D eigenvalue weighted by molar-refractivity contribution is 4.89. The maximum atomic E-state index is 2.53. The van der Waals surface area contributed by atoms with Crippen LogP contribution in [0.1, 0.15) is 26.7 Å². The zero-order valence-corrected chi connectivity index (χ0v) is 7.01. The fraction of sp³-hybridized carbons (Fsp3) is 0.778. The number of allylic oxidation sites excluding steroid dienone is 1. The number of hydrogen-bond donors (Lipinski definition) is 0. The second kappa shape index (κ2) is 3.77. The van der Waals surface area contributed by atoms with Gasteiger partial charge in [-0.05, 0) is 19.8 Å². The Labute approximate surface area is 63.7 Å². The SMILES string of the molecule is C/C=C/CN1CCC1CC. The number of hydrogen-bond acceptors (Lipinski definition) is 1. The van der Waals surface area contributed by atoms with Crippen molar-refractivity contribution < 1.29 is 0 Å². The van der Waals surface area contributed by atoms with Crippen molar-refractivity contribution in [3.05, 3.63) is 12.2 Å². The lowest BCUT2D eigenvalue weighted by molar-refractivity contribution is 0.103. The molecular weight excluding hydrogens is 122 g/mol. The van der Waals surface area contributed by atoms with Gasteiger partial charge in [-0.2, -0.15) is 0 Å². The molecule has 0 radical (unpaired) electrons. The van der Waals surface area contributed by atoms with Gasteiger partial charge >= 0.3 is 0 Å². The second-order valence-electron chi connectivity index (χ2n) is 2.91. The molecule has 1 rings (SSSR count). The second-order valence-corrected chi connectivity index (χ2v) is 2.91. The topological polar surface area (TPSA) is 3.24 Å². The molecule has 0 spiro atoms. The lowest BCUT2D eigenvalue weighted by Crippen LogP contribution is -2.46. The van der Waals surface area contributed by atoms with E-state index in [0.717, 1.165) is 12.6 Å². The first-order valence-electron chi connectivity index (χ1n) is 4.23. The normalized spacial score (nSPS) is 27.2. The molecule has 1 aliphatic rings. The third-order valence-electron chi connectivity index (χ3n) is 2.31. The molecule has 0 saturated carbocycles. The van der Waals surface area contributed by atoms with Crippen molar-refractivity contribution in [1.29, 1.82) is 0 Å². The van der Waals surface area contributed by atoms with E-state index in [0.29, 0.717) is 0 Å². The molecule has 1 saturated heterocycles. The molecule has 0 aromatic heterocycles. The lowest BCUT2D eigenvalue weighted by atomic mass is 10.0. The van der Waals surface area contributed by atoms with Gasteiger partial charge in [0.15, 0.2) is 0 Å². The highest BCUT2D eigenvalue weighted by atomic mass is 15.2. The van der Waals surface area contributed by atoms with E-state index < -0.39 is 0 Å².